The number of anilines is 2. The maximum atomic E-state index is 12.4. The fraction of sp³-hybridized carbons (Fsp3) is 0.364. The molecule has 1 heterocycles. The highest BCUT2D eigenvalue weighted by Gasteiger charge is 2.26. The molecule has 2 amide bonds. The lowest BCUT2D eigenvalue weighted by Crippen LogP contribution is -2.41. The van der Waals surface area contributed by atoms with Gasteiger partial charge in [-0.15, -0.1) is 0 Å². The van der Waals surface area contributed by atoms with Crippen LogP contribution in [0.5, 0.6) is 11.5 Å². The first-order valence-electron chi connectivity index (χ1n) is 9.69. The predicted molar refractivity (Wildman–Crippen MR) is 112 cm³/mol. The van der Waals surface area contributed by atoms with Crippen LogP contribution < -0.4 is 20.1 Å². The van der Waals surface area contributed by atoms with E-state index in [-0.39, 0.29) is 24.3 Å². The van der Waals surface area contributed by atoms with Gasteiger partial charge in [0, 0.05) is 17.7 Å². The minimum absolute atomic E-state index is 0.0313. The Morgan fingerprint density at radius 1 is 1.00 bits per heavy atom. The summed E-state index contributed by atoms with van der Waals surface area (Å²) in [6.07, 6.45) is 1.47. The molecule has 2 aromatic carbocycles. The summed E-state index contributed by atoms with van der Waals surface area (Å²) in [4.78, 5) is 26.9. The Kier molecular flexibility index (Phi) is 7.08. The molecule has 29 heavy (non-hydrogen) atoms. The summed E-state index contributed by atoms with van der Waals surface area (Å²) in [5.41, 5.74) is 1.42. The molecule has 154 valence electrons. The van der Waals surface area contributed by atoms with Gasteiger partial charge in [0.05, 0.1) is 26.5 Å². The maximum absolute atomic E-state index is 12.4. The van der Waals surface area contributed by atoms with Crippen LogP contribution in [0.1, 0.15) is 12.8 Å². The number of hydrogen-bond acceptors (Lipinski definition) is 5. The van der Waals surface area contributed by atoms with Crippen LogP contribution in [0.3, 0.4) is 0 Å². The molecule has 0 aromatic heterocycles. The Labute approximate surface area is 171 Å². The van der Waals surface area contributed by atoms with Crippen molar-refractivity contribution in [3.05, 3.63) is 48.5 Å². The molecule has 7 nitrogen and oxygen atoms in total. The number of nitrogens with zero attached hydrogens (tertiary/aromatic N) is 1. The molecule has 2 aromatic rings. The van der Waals surface area contributed by atoms with Gasteiger partial charge >= 0.3 is 0 Å². The fourth-order valence-corrected chi connectivity index (χ4v) is 3.41. The van der Waals surface area contributed by atoms with Crippen LogP contribution in [0.15, 0.2) is 48.5 Å². The summed E-state index contributed by atoms with van der Waals surface area (Å²) in [5.74, 6) is 1.12. The lowest BCUT2D eigenvalue weighted by atomic mass is 9.96. The van der Waals surface area contributed by atoms with Crippen molar-refractivity contribution >= 4 is 23.2 Å². The molecular weight excluding hydrogens is 370 g/mol. The third-order valence-electron chi connectivity index (χ3n) is 5.05. The van der Waals surface area contributed by atoms with Gasteiger partial charge in [-0.2, -0.15) is 0 Å². The lowest BCUT2D eigenvalue weighted by Gasteiger charge is -2.30. The van der Waals surface area contributed by atoms with Gasteiger partial charge in [0.1, 0.15) is 11.5 Å². The van der Waals surface area contributed by atoms with Crippen molar-refractivity contribution in [2.24, 2.45) is 5.92 Å². The first-order valence-corrected chi connectivity index (χ1v) is 9.69. The zero-order valence-electron chi connectivity index (χ0n) is 16.8. The van der Waals surface area contributed by atoms with Crippen molar-refractivity contribution in [2.75, 3.05) is 44.5 Å². The van der Waals surface area contributed by atoms with Gasteiger partial charge in [-0.25, -0.2) is 0 Å². The molecule has 3 rings (SSSR count). The third-order valence-corrected chi connectivity index (χ3v) is 5.05. The van der Waals surface area contributed by atoms with E-state index in [9.17, 15) is 9.59 Å². The SMILES string of the molecule is COc1ccc(NC(=O)CN2CCC(C(=O)Nc3ccccc3)CC2)c(OC)c1. The molecule has 1 fully saturated rings. The number of likely N-dealkylation sites (tertiary alicyclic amines) is 1. The van der Waals surface area contributed by atoms with Crippen molar-refractivity contribution in [1.82, 2.24) is 4.90 Å². The molecular formula is C22H27N3O4. The van der Waals surface area contributed by atoms with E-state index in [1.54, 1.807) is 32.4 Å². The average molecular weight is 397 g/mol. The van der Waals surface area contributed by atoms with E-state index >= 15 is 0 Å². The number of piperidine rings is 1. The van der Waals surface area contributed by atoms with Gasteiger partial charge in [0.2, 0.25) is 11.8 Å². The number of carbonyl (C=O) groups excluding carboxylic acids is 2. The molecule has 7 heteroatoms. The van der Waals surface area contributed by atoms with Crippen LogP contribution in [0, 0.1) is 5.92 Å². The number of methoxy groups -OCH3 is 2. The fourth-order valence-electron chi connectivity index (χ4n) is 3.41. The molecule has 0 aliphatic carbocycles. The van der Waals surface area contributed by atoms with Gasteiger partial charge < -0.3 is 20.1 Å². The first-order chi connectivity index (χ1) is 14.1. The highest BCUT2D eigenvalue weighted by Crippen LogP contribution is 2.29. The largest absolute Gasteiger partial charge is 0.497 e. The van der Waals surface area contributed by atoms with Crippen LogP contribution in [-0.4, -0.2) is 50.6 Å². The number of amides is 2. The van der Waals surface area contributed by atoms with Gasteiger partial charge in [0.15, 0.2) is 0 Å². The standard InChI is InChI=1S/C22H27N3O4/c1-28-18-8-9-19(20(14-18)29-2)24-21(26)15-25-12-10-16(11-13-25)22(27)23-17-6-4-3-5-7-17/h3-9,14,16H,10-13,15H2,1-2H3,(H,23,27)(H,24,26). The highest BCUT2D eigenvalue weighted by molar-refractivity contribution is 5.94. The van der Waals surface area contributed by atoms with E-state index in [4.69, 9.17) is 9.47 Å². The van der Waals surface area contributed by atoms with Crippen LogP contribution in [-0.2, 0) is 9.59 Å². The summed E-state index contributed by atoms with van der Waals surface area (Å²) in [5, 5.41) is 5.85. The van der Waals surface area contributed by atoms with Crippen LogP contribution in [0.4, 0.5) is 11.4 Å². The number of ether oxygens (including phenoxy) is 2. The van der Waals surface area contributed by atoms with Gasteiger partial charge in [-0.1, -0.05) is 18.2 Å². The Morgan fingerprint density at radius 3 is 2.38 bits per heavy atom. The molecule has 1 aliphatic heterocycles. The monoisotopic (exact) mass is 397 g/mol. The molecule has 1 saturated heterocycles. The molecule has 0 atom stereocenters. The summed E-state index contributed by atoms with van der Waals surface area (Å²) in [6, 6.07) is 14.7. The summed E-state index contributed by atoms with van der Waals surface area (Å²) in [6.45, 7) is 1.70. The number of nitrogens with one attached hydrogen (secondary N) is 2. The van der Waals surface area contributed by atoms with E-state index in [0.717, 1.165) is 18.5 Å². The predicted octanol–water partition coefficient (Wildman–Crippen LogP) is 2.99. The molecule has 0 bridgehead atoms. The quantitative estimate of drug-likeness (QED) is 0.751. The second-order valence-corrected chi connectivity index (χ2v) is 7.02. The van der Waals surface area contributed by atoms with Crippen molar-refractivity contribution in [3.8, 4) is 11.5 Å². The molecule has 0 radical (unpaired) electrons. The summed E-state index contributed by atoms with van der Waals surface area (Å²) < 4.78 is 10.5. The molecule has 1 aliphatic rings. The van der Waals surface area contributed by atoms with Crippen molar-refractivity contribution in [2.45, 2.75) is 12.8 Å². The number of carbonyl (C=O) groups is 2. The maximum Gasteiger partial charge on any atom is 0.238 e. The first kappa shape index (κ1) is 20.7. The zero-order chi connectivity index (χ0) is 20.6. The van der Waals surface area contributed by atoms with E-state index in [0.29, 0.717) is 30.3 Å². The number of hydrogen-bond donors (Lipinski definition) is 2. The van der Waals surface area contributed by atoms with E-state index < -0.39 is 0 Å². The van der Waals surface area contributed by atoms with Crippen LogP contribution in [0.2, 0.25) is 0 Å². The zero-order valence-corrected chi connectivity index (χ0v) is 16.8. The van der Waals surface area contributed by atoms with E-state index in [1.165, 1.54) is 0 Å². The molecule has 0 saturated carbocycles. The Hall–Kier alpha value is -3.06. The minimum Gasteiger partial charge on any atom is -0.497 e. The van der Waals surface area contributed by atoms with Crippen molar-refractivity contribution < 1.29 is 19.1 Å². The molecule has 0 spiro atoms. The van der Waals surface area contributed by atoms with Gasteiger partial charge in [-0.05, 0) is 50.2 Å². The highest BCUT2D eigenvalue weighted by atomic mass is 16.5. The Morgan fingerprint density at radius 2 is 1.72 bits per heavy atom. The molecule has 2 N–H and O–H groups in total. The van der Waals surface area contributed by atoms with Crippen molar-refractivity contribution in [1.29, 1.82) is 0 Å². The lowest BCUT2D eigenvalue weighted by molar-refractivity contribution is -0.121. The topological polar surface area (TPSA) is 79.9 Å². The van der Waals surface area contributed by atoms with E-state index in [2.05, 4.69) is 15.5 Å². The normalized spacial score (nSPS) is 14.8. The number of para-hydroxylation sites is 1. The number of benzene rings is 2. The molecule has 0 unspecified atom stereocenters. The van der Waals surface area contributed by atoms with Crippen LogP contribution in [0.25, 0.3) is 0 Å². The minimum atomic E-state index is -0.111. The average Bonchev–Trinajstić information content (AvgIpc) is 2.75. The smallest absolute Gasteiger partial charge is 0.238 e. The van der Waals surface area contributed by atoms with E-state index in [1.807, 2.05) is 30.3 Å². The second kappa shape index (κ2) is 9.93. The third kappa shape index (κ3) is 5.71. The second-order valence-electron chi connectivity index (χ2n) is 7.02. The number of rotatable bonds is 7. The Balaban J connectivity index is 1.47. The van der Waals surface area contributed by atoms with Crippen LogP contribution >= 0.6 is 0 Å². The van der Waals surface area contributed by atoms with Gasteiger partial charge in [0.25, 0.3) is 0 Å². The summed E-state index contributed by atoms with van der Waals surface area (Å²) >= 11 is 0. The van der Waals surface area contributed by atoms with Crippen molar-refractivity contribution in [3.63, 3.8) is 0 Å². The van der Waals surface area contributed by atoms with Gasteiger partial charge in [-0.3, -0.25) is 14.5 Å². The summed E-state index contributed by atoms with van der Waals surface area (Å²) in [7, 11) is 3.13. The Bertz CT molecular complexity index is 833.